The molecule has 0 aromatic carbocycles. The number of piperazine rings is 1. The third kappa shape index (κ3) is 3.38. The van der Waals surface area contributed by atoms with Gasteiger partial charge in [-0.1, -0.05) is 33.1 Å². The van der Waals surface area contributed by atoms with E-state index in [1.54, 1.807) is 0 Å². The maximum atomic E-state index is 13.0. The van der Waals surface area contributed by atoms with Crippen molar-refractivity contribution in [2.24, 2.45) is 0 Å². The van der Waals surface area contributed by atoms with Crippen LogP contribution in [0.15, 0.2) is 0 Å². The van der Waals surface area contributed by atoms with Gasteiger partial charge in [0.2, 0.25) is 11.8 Å². The largest absolute Gasteiger partial charge is 0.340 e. The number of carbonyl (C=O) groups excluding carboxylic acids is 2. The van der Waals surface area contributed by atoms with Crippen molar-refractivity contribution in [3.05, 3.63) is 0 Å². The second kappa shape index (κ2) is 7.03. The van der Waals surface area contributed by atoms with Crippen LogP contribution in [0.4, 0.5) is 0 Å². The molecule has 2 atom stereocenters. The fourth-order valence-electron chi connectivity index (χ4n) is 3.53. The molecular formula is C16H28N2O2S. The Labute approximate surface area is 132 Å². The van der Waals surface area contributed by atoms with Crippen molar-refractivity contribution in [2.75, 3.05) is 12.8 Å². The topological polar surface area (TPSA) is 49.4 Å². The van der Waals surface area contributed by atoms with Crippen LogP contribution >= 0.6 is 11.8 Å². The van der Waals surface area contributed by atoms with Crippen LogP contribution in [0.1, 0.15) is 58.8 Å². The van der Waals surface area contributed by atoms with Crippen molar-refractivity contribution in [1.29, 1.82) is 0 Å². The maximum absolute atomic E-state index is 13.0. The van der Waals surface area contributed by atoms with Crippen LogP contribution in [0.2, 0.25) is 0 Å². The number of hydrogen-bond donors (Lipinski definition) is 1. The summed E-state index contributed by atoms with van der Waals surface area (Å²) >= 11 is 1.81. The highest BCUT2D eigenvalue weighted by atomic mass is 32.2. The quantitative estimate of drug-likeness (QED) is 0.849. The van der Waals surface area contributed by atoms with E-state index in [2.05, 4.69) is 18.5 Å². The lowest BCUT2D eigenvalue weighted by Gasteiger charge is -2.47. The van der Waals surface area contributed by atoms with Crippen molar-refractivity contribution in [3.8, 4) is 0 Å². The number of thioether (sulfide) groups is 1. The summed E-state index contributed by atoms with van der Waals surface area (Å²) in [5.41, 5.74) is -0.594. The first-order chi connectivity index (χ1) is 10.0. The molecule has 2 unspecified atom stereocenters. The Morgan fingerprint density at radius 3 is 2.57 bits per heavy atom. The first-order valence-electron chi connectivity index (χ1n) is 8.20. The summed E-state index contributed by atoms with van der Waals surface area (Å²) in [6.45, 7) is 4.87. The van der Waals surface area contributed by atoms with E-state index in [1.165, 1.54) is 6.42 Å². The molecule has 5 heteroatoms. The third-order valence-electron chi connectivity index (χ3n) is 4.98. The van der Waals surface area contributed by atoms with Crippen LogP contribution in [0, 0.1) is 0 Å². The number of hydrogen-bond acceptors (Lipinski definition) is 3. The average Bonchev–Trinajstić information content (AvgIpc) is 2.50. The van der Waals surface area contributed by atoms with Gasteiger partial charge >= 0.3 is 0 Å². The van der Waals surface area contributed by atoms with E-state index in [9.17, 15) is 9.59 Å². The highest BCUT2D eigenvalue weighted by Crippen LogP contribution is 2.34. The fourth-order valence-corrected chi connectivity index (χ4v) is 3.87. The summed E-state index contributed by atoms with van der Waals surface area (Å²) in [7, 11) is 0. The summed E-state index contributed by atoms with van der Waals surface area (Å²) in [5.74, 6) is 0.220. The minimum atomic E-state index is -0.594. The molecule has 4 nitrogen and oxygen atoms in total. The van der Waals surface area contributed by atoms with Crippen molar-refractivity contribution in [2.45, 2.75) is 75.6 Å². The lowest BCUT2D eigenvalue weighted by atomic mass is 9.78. The molecule has 1 saturated carbocycles. The Morgan fingerprint density at radius 2 is 2.00 bits per heavy atom. The summed E-state index contributed by atoms with van der Waals surface area (Å²) < 4.78 is 0. The van der Waals surface area contributed by atoms with Gasteiger partial charge in [-0.15, -0.1) is 0 Å². The Morgan fingerprint density at radius 1 is 1.33 bits per heavy atom. The van der Waals surface area contributed by atoms with Gasteiger partial charge in [0.1, 0.15) is 11.6 Å². The summed E-state index contributed by atoms with van der Waals surface area (Å²) in [6, 6.07) is -0.279. The van der Waals surface area contributed by atoms with E-state index in [0.717, 1.165) is 32.1 Å². The van der Waals surface area contributed by atoms with Gasteiger partial charge in [0.05, 0.1) is 0 Å². The van der Waals surface area contributed by atoms with Gasteiger partial charge in [0.25, 0.3) is 0 Å². The molecule has 1 saturated heterocycles. The zero-order valence-corrected chi connectivity index (χ0v) is 14.3. The molecule has 0 radical (unpaired) electrons. The van der Waals surface area contributed by atoms with Crippen LogP contribution in [0.3, 0.4) is 0 Å². The molecule has 0 bridgehead atoms. The maximum Gasteiger partial charge on any atom is 0.249 e. The molecule has 1 spiro atoms. The zero-order valence-electron chi connectivity index (χ0n) is 13.5. The van der Waals surface area contributed by atoms with Gasteiger partial charge in [-0.3, -0.25) is 9.59 Å². The summed E-state index contributed by atoms with van der Waals surface area (Å²) in [5, 5.41) is 3.60. The Bertz CT molecular complexity index is 394. The SMILES string of the molecule is CCC1C(=O)NC2(CCCCC2)C(=O)N1CCC(C)SC. The standard InChI is InChI=1S/C16H28N2O2S/c1-4-13-14(19)17-16(9-6-5-7-10-16)15(20)18(13)11-8-12(2)21-3/h12-13H,4-11H2,1-3H3,(H,17,19). The Kier molecular flexibility index (Phi) is 5.58. The van der Waals surface area contributed by atoms with Crippen LogP contribution in [-0.2, 0) is 9.59 Å². The molecule has 2 aliphatic rings. The molecule has 2 fully saturated rings. The molecule has 2 amide bonds. The van der Waals surface area contributed by atoms with E-state index < -0.39 is 5.54 Å². The van der Waals surface area contributed by atoms with E-state index in [-0.39, 0.29) is 17.9 Å². The molecule has 1 aliphatic carbocycles. The number of nitrogens with zero attached hydrogens (tertiary/aromatic N) is 1. The molecule has 0 aromatic rings. The number of nitrogens with one attached hydrogen (secondary N) is 1. The van der Waals surface area contributed by atoms with Gasteiger partial charge in [-0.2, -0.15) is 11.8 Å². The van der Waals surface area contributed by atoms with Crippen LogP contribution in [0.25, 0.3) is 0 Å². The molecule has 120 valence electrons. The van der Waals surface area contributed by atoms with Gasteiger partial charge < -0.3 is 10.2 Å². The summed E-state index contributed by atoms with van der Waals surface area (Å²) in [6.07, 6.45) is 8.61. The Hall–Kier alpha value is -0.710. The van der Waals surface area contributed by atoms with Gasteiger partial charge in [-0.05, 0) is 31.9 Å². The first kappa shape index (κ1) is 16.7. The molecule has 1 N–H and O–H groups in total. The van der Waals surface area contributed by atoms with Crippen LogP contribution < -0.4 is 5.32 Å². The molecule has 1 heterocycles. The van der Waals surface area contributed by atoms with E-state index in [1.807, 2.05) is 23.6 Å². The van der Waals surface area contributed by atoms with Gasteiger partial charge in [0, 0.05) is 11.8 Å². The Balaban J connectivity index is 2.16. The molecule has 2 rings (SSSR count). The lowest BCUT2D eigenvalue weighted by molar-refractivity contribution is -0.156. The second-order valence-electron chi connectivity index (χ2n) is 6.39. The van der Waals surface area contributed by atoms with E-state index in [0.29, 0.717) is 18.2 Å². The summed E-state index contributed by atoms with van der Waals surface area (Å²) in [4.78, 5) is 27.4. The average molecular weight is 312 g/mol. The van der Waals surface area contributed by atoms with Crippen LogP contribution in [0.5, 0.6) is 0 Å². The first-order valence-corrected chi connectivity index (χ1v) is 9.48. The van der Waals surface area contributed by atoms with Crippen molar-refractivity contribution < 1.29 is 9.59 Å². The van der Waals surface area contributed by atoms with E-state index >= 15 is 0 Å². The predicted octanol–water partition coefficient (Wildman–Crippen LogP) is 2.57. The minimum absolute atomic E-state index is 0.0517. The predicted molar refractivity (Wildman–Crippen MR) is 87.3 cm³/mol. The lowest BCUT2D eigenvalue weighted by Crippen LogP contribution is -2.70. The second-order valence-corrected chi connectivity index (χ2v) is 7.67. The minimum Gasteiger partial charge on any atom is -0.340 e. The molecular weight excluding hydrogens is 284 g/mol. The molecule has 21 heavy (non-hydrogen) atoms. The van der Waals surface area contributed by atoms with Crippen molar-refractivity contribution >= 4 is 23.6 Å². The zero-order chi connectivity index (χ0) is 15.5. The number of amides is 2. The monoisotopic (exact) mass is 312 g/mol. The van der Waals surface area contributed by atoms with Crippen molar-refractivity contribution in [1.82, 2.24) is 10.2 Å². The third-order valence-corrected chi connectivity index (χ3v) is 6.02. The van der Waals surface area contributed by atoms with Crippen molar-refractivity contribution in [3.63, 3.8) is 0 Å². The number of rotatable bonds is 5. The van der Waals surface area contributed by atoms with Gasteiger partial charge in [0.15, 0.2) is 0 Å². The van der Waals surface area contributed by atoms with Crippen LogP contribution in [-0.4, -0.2) is 46.3 Å². The highest BCUT2D eigenvalue weighted by molar-refractivity contribution is 7.99. The normalized spacial score (nSPS) is 26.8. The smallest absolute Gasteiger partial charge is 0.249 e. The molecule has 1 aliphatic heterocycles. The fraction of sp³-hybridized carbons (Fsp3) is 0.875. The van der Waals surface area contributed by atoms with Gasteiger partial charge in [-0.25, -0.2) is 0 Å². The number of carbonyl (C=O) groups is 2. The molecule has 0 aromatic heterocycles. The van der Waals surface area contributed by atoms with E-state index in [4.69, 9.17) is 0 Å². The highest BCUT2D eigenvalue weighted by Gasteiger charge is 2.50.